The number of hydrogen-bond donors (Lipinski definition) is 1. The van der Waals surface area contributed by atoms with E-state index in [1.54, 1.807) is 32.4 Å². The van der Waals surface area contributed by atoms with Crippen LogP contribution in [0.4, 0.5) is 0 Å². The number of nitrogens with zero attached hydrogens (tertiary/aromatic N) is 1. The van der Waals surface area contributed by atoms with E-state index in [1.165, 1.54) is 0 Å². The van der Waals surface area contributed by atoms with E-state index in [4.69, 9.17) is 14.2 Å². The molecule has 25 heavy (non-hydrogen) atoms. The van der Waals surface area contributed by atoms with Crippen LogP contribution in [0.5, 0.6) is 11.5 Å². The molecule has 6 heteroatoms. The van der Waals surface area contributed by atoms with Gasteiger partial charge < -0.3 is 19.5 Å². The van der Waals surface area contributed by atoms with Gasteiger partial charge in [0, 0.05) is 30.7 Å². The second-order valence-corrected chi connectivity index (χ2v) is 7.23. The Morgan fingerprint density at radius 3 is 2.36 bits per heavy atom. The lowest BCUT2D eigenvalue weighted by Gasteiger charge is -2.45. The Morgan fingerprint density at radius 2 is 1.80 bits per heavy atom. The van der Waals surface area contributed by atoms with Crippen LogP contribution in [0.15, 0.2) is 18.2 Å². The van der Waals surface area contributed by atoms with Crippen LogP contribution in [0.3, 0.4) is 0 Å². The lowest BCUT2D eigenvalue weighted by molar-refractivity contribution is -0.0948. The number of carbonyl (C=O) groups is 1. The van der Waals surface area contributed by atoms with Gasteiger partial charge in [-0.3, -0.25) is 9.69 Å². The molecule has 1 aliphatic rings. The van der Waals surface area contributed by atoms with E-state index in [2.05, 4.69) is 37.9 Å². The quantitative estimate of drug-likeness (QED) is 0.853. The SMILES string of the molecule is COc1ccc(C(=O)NCC(C)(C)N2C[C@H](C)O[C@@H](C)C2)cc1OC. The Kier molecular flexibility index (Phi) is 6.30. The Balaban J connectivity index is 2.01. The van der Waals surface area contributed by atoms with Crippen molar-refractivity contribution in [2.75, 3.05) is 33.9 Å². The van der Waals surface area contributed by atoms with Crippen molar-refractivity contribution in [1.29, 1.82) is 0 Å². The molecule has 2 rings (SSSR count). The zero-order chi connectivity index (χ0) is 18.6. The maximum Gasteiger partial charge on any atom is 0.251 e. The van der Waals surface area contributed by atoms with Gasteiger partial charge in [-0.2, -0.15) is 0 Å². The van der Waals surface area contributed by atoms with Crippen molar-refractivity contribution in [3.05, 3.63) is 23.8 Å². The first-order valence-electron chi connectivity index (χ1n) is 8.67. The van der Waals surface area contributed by atoms with E-state index in [9.17, 15) is 4.79 Å². The van der Waals surface area contributed by atoms with Crippen LogP contribution in [-0.2, 0) is 4.74 Å². The van der Waals surface area contributed by atoms with E-state index >= 15 is 0 Å². The first kappa shape index (κ1) is 19.5. The summed E-state index contributed by atoms with van der Waals surface area (Å²) in [7, 11) is 3.13. The second-order valence-electron chi connectivity index (χ2n) is 7.23. The molecule has 6 nitrogen and oxygen atoms in total. The van der Waals surface area contributed by atoms with E-state index in [0.29, 0.717) is 23.6 Å². The minimum atomic E-state index is -0.154. The fraction of sp³-hybridized carbons (Fsp3) is 0.632. The largest absolute Gasteiger partial charge is 0.493 e. The zero-order valence-corrected chi connectivity index (χ0v) is 16.1. The average molecular weight is 350 g/mol. The smallest absolute Gasteiger partial charge is 0.251 e. The van der Waals surface area contributed by atoms with E-state index in [-0.39, 0.29) is 23.7 Å². The topological polar surface area (TPSA) is 60.0 Å². The van der Waals surface area contributed by atoms with Crippen molar-refractivity contribution in [3.8, 4) is 11.5 Å². The summed E-state index contributed by atoms with van der Waals surface area (Å²) in [5.41, 5.74) is 0.399. The Hall–Kier alpha value is -1.79. The standard InChI is InChI=1S/C19H30N2O4/c1-13-10-21(11-14(2)25-13)19(3,4)12-20-18(22)15-7-8-16(23-5)17(9-15)24-6/h7-9,13-14H,10-12H2,1-6H3,(H,20,22)/t13-,14-/m0/s1. The van der Waals surface area contributed by atoms with Gasteiger partial charge >= 0.3 is 0 Å². The van der Waals surface area contributed by atoms with Gasteiger partial charge in [0.25, 0.3) is 5.91 Å². The maximum atomic E-state index is 12.5. The maximum absolute atomic E-state index is 12.5. The predicted octanol–water partition coefficient (Wildman–Crippen LogP) is 2.32. The van der Waals surface area contributed by atoms with Crippen molar-refractivity contribution in [1.82, 2.24) is 10.2 Å². The Morgan fingerprint density at radius 1 is 1.20 bits per heavy atom. The van der Waals surface area contributed by atoms with E-state index in [0.717, 1.165) is 13.1 Å². The Labute approximate surface area is 150 Å². The molecule has 1 aromatic rings. The van der Waals surface area contributed by atoms with Crippen LogP contribution in [0.2, 0.25) is 0 Å². The van der Waals surface area contributed by atoms with Crippen molar-refractivity contribution in [2.45, 2.75) is 45.4 Å². The third-order valence-corrected chi connectivity index (χ3v) is 4.60. The van der Waals surface area contributed by atoms with E-state index in [1.807, 2.05) is 0 Å². The van der Waals surface area contributed by atoms with Crippen LogP contribution >= 0.6 is 0 Å². The van der Waals surface area contributed by atoms with Gasteiger partial charge in [0.1, 0.15) is 0 Å². The van der Waals surface area contributed by atoms with Gasteiger partial charge in [0.15, 0.2) is 11.5 Å². The molecule has 1 aromatic carbocycles. The fourth-order valence-corrected chi connectivity index (χ4v) is 3.16. The molecule has 1 N–H and O–H groups in total. The molecule has 1 heterocycles. The number of morpholine rings is 1. The molecular formula is C19H30N2O4. The summed E-state index contributed by atoms with van der Waals surface area (Å²) in [6.45, 7) is 10.7. The van der Waals surface area contributed by atoms with E-state index < -0.39 is 0 Å². The normalized spacial score (nSPS) is 21.7. The van der Waals surface area contributed by atoms with Gasteiger partial charge in [-0.15, -0.1) is 0 Å². The number of amides is 1. The molecule has 2 atom stereocenters. The summed E-state index contributed by atoms with van der Waals surface area (Å²) in [6.07, 6.45) is 0.397. The molecule has 1 saturated heterocycles. The van der Waals surface area contributed by atoms with Gasteiger partial charge in [-0.1, -0.05) is 0 Å². The first-order valence-corrected chi connectivity index (χ1v) is 8.67. The molecule has 0 saturated carbocycles. The summed E-state index contributed by atoms with van der Waals surface area (Å²) in [6, 6.07) is 5.17. The molecule has 0 unspecified atom stereocenters. The van der Waals surface area contributed by atoms with Crippen LogP contribution in [0, 0.1) is 0 Å². The van der Waals surface area contributed by atoms with Crippen molar-refractivity contribution < 1.29 is 19.0 Å². The van der Waals surface area contributed by atoms with Gasteiger partial charge in [0.05, 0.1) is 26.4 Å². The predicted molar refractivity (Wildman–Crippen MR) is 97.5 cm³/mol. The van der Waals surface area contributed by atoms with Gasteiger partial charge in [0.2, 0.25) is 0 Å². The summed E-state index contributed by atoms with van der Waals surface area (Å²) in [5.74, 6) is 1.03. The Bertz CT molecular complexity index is 593. The first-order chi connectivity index (χ1) is 11.8. The number of benzene rings is 1. The molecule has 1 aliphatic heterocycles. The third-order valence-electron chi connectivity index (χ3n) is 4.60. The number of nitrogens with one attached hydrogen (secondary N) is 1. The minimum Gasteiger partial charge on any atom is -0.493 e. The number of ether oxygens (including phenoxy) is 3. The van der Waals surface area contributed by atoms with Crippen LogP contribution in [0.1, 0.15) is 38.1 Å². The van der Waals surface area contributed by atoms with Crippen molar-refractivity contribution in [2.24, 2.45) is 0 Å². The summed E-state index contributed by atoms with van der Waals surface area (Å²) in [4.78, 5) is 14.9. The molecule has 0 aliphatic carbocycles. The monoisotopic (exact) mass is 350 g/mol. The number of carbonyl (C=O) groups excluding carboxylic acids is 1. The van der Waals surface area contributed by atoms with Gasteiger partial charge in [-0.05, 0) is 45.9 Å². The summed E-state index contributed by atoms with van der Waals surface area (Å²) in [5, 5.41) is 3.04. The molecule has 0 radical (unpaired) electrons. The van der Waals surface area contributed by atoms with Crippen LogP contribution in [-0.4, -0.2) is 62.4 Å². The zero-order valence-electron chi connectivity index (χ0n) is 16.1. The highest BCUT2D eigenvalue weighted by Gasteiger charge is 2.33. The molecule has 0 spiro atoms. The second kappa shape index (κ2) is 8.06. The lowest BCUT2D eigenvalue weighted by atomic mass is 10.00. The summed E-state index contributed by atoms with van der Waals surface area (Å²) < 4.78 is 16.3. The number of hydrogen-bond acceptors (Lipinski definition) is 5. The average Bonchev–Trinajstić information content (AvgIpc) is 2.58. The highest BCUT2D eigenvalue weighted by Crippen LogP contribution is 2.27. The molecule has 0 aromatic heterocycles. The lowest BCUT2D eigenvalue weighted by Crippen LogP contribution is -2.58. The molecule has 0 bridgehead atoms. The van der Waals surface area contributed by atoms with Gasteiger partial charge in [-0.25, -0.2) is 0 Å². The third kappa shape index (κ3) is 4.86. The number of methoxy groups -OCH3 is 2. The highest BCUT2D eigenvalue weighted by molar-refractivity contribution is 5.94. The molecule has 1 amide bonds. The highest BCUT2D eigenvalue weighted by atomic mass is 16.5. The van der Waals surface area contributed by atoms with Crippen LogP contribution in [0.25, 0.3) is 0 Å². The minimum absolute atomic E-state index is 0.122. The number of rotatable bonds is 6. The molecule has 1 fully saturated rings. The molecule has 140 valence electrons. The van der Waals surface area contributed by atoms with Crippen LogP contribution < -0.4 is 14.8 Å². The van der Waals surface area contributed by atoms with Crippen molar-refractivity contribution in [3.63, 3.8) is 0 Å². The van der Waals surface area contributed by atoms with Crippen molar-refractivity contribution >= 4 is 5.91 Å². The fourth-order valence-electron chi connectivity index (χ4n) is 3.16. The summed E-state index contributed by atoms with van der Waals surface area (Å²) >= 11 is 0. The molecular weight excluding hydrogens is 320 g/mol.